The minimum absolute atomic E-state index is 0.0411. The van der Waals surface area contributed by atoms with Crippen LogP contribution in [0.25, 0.3) is 0 Å². The number of carbonyl (C=O) groups excluding carboxylic acids is 1. The second kappa shape index (κ2) is 8.82. The van der Waals surface area contributed by atoms with Crippen molar-refractivity contribution in [3.05, 3.63) is 11.8 Å². The molecule has 1 atom stereocenters. The molecular formula is C16H28N2O3. The van der Waals surface area contributed by atoms with Crippen LogP contribution < -0.4 is 5.32 Å². The zero-order valence-electron chi connectivity index (χ0n) is 13.4. The second-order valence-electron chi connectivity index (χ2n) is 5.98. The topological polar surface area (TPSA) is 69.6 Å². The van der Waals surface area contributed by atoms with Gasteiger partial charge in [-0.15, -0.1) is 0 Å². The van der Waals surface area contributed by atoms with Crippen LogP contribution in [0.1, 0.15) is 52.9 Å². The van der Waals surface area contributed by atoms with E-state index in [4.69, 9.17) is 0 Å². The number of hydrogen-bond acceptors (Lipinski definition) is 3. The van der Waals surface area contributed by atoms with Crippen molar-refractivity contribution in [2.45, 2.75) is 58.9 Å². The molecule has 0 aromatic heterocycles. The fraction of sp³-hybridized carbons (Fsp3) is 0.750. The first kappa shape index (κ1) is 17.7. The molecule has 0 saturated heterocycles. The molecule has 0 saturated carbocycles. The molecule has 5 nitrogen and oxygen atoms in total. The molecule has 0 aliphatic heterocycles. The first-order valence-electron chi connectivity index (χ1n) is 7.91. The predicted molar refractivity (Wildman–Crippen MR) is 82.8 cm³/mol. The number of nitrogens with one attached hydrogen (secondary N) is 1. The Kier molecular flexibility index (Phi) is 7.43. The average molecular weight is 296 g/mol. The van der Waals surface area contributed by atoms with Gasteiger partial charge in [-0.1, -0.05) is 19.9 Å². The summed E-state index contributed by atoms with van der Waals surface area (Å²) in [4.78, 5) is 25.3. The van der Waals surface area contributed by atoms with Crippen molar-refractivity contribution in [3.8, 4) is 0 Å². The number of amides is 1. The lowest BCUT2D eigenvalue weighted by molar-refractivity contribution is -0.140. The molecule has 2 N–H and O–H groups in total. The van der Waals surface area contributed by atoms with Gasteiger partial charge in [0.1, 0.15) is 6.04 Å². The SMILES string of the molecule is CCN(C(=O)CNC(CC(C)C)C(=O)O)C1=CCCCC1. The number of rotatable bonds is 8. The minimum atomic E-state index is -0.892. The summed E-state index contributed by atoms with van der Waals surface area (Å²) in [5.74, 6) is -0.658. The summed E-state index contributed by atoms with van der Waals surface area (Å²) in [6.45, 7) is 6.62. The smallest absolute Gasteiger partial charge is 0.320 e. The number of nitrogens with zero attached hydrogens (tertiary/aromatic N) is 1. The van der Waals surface area contributed by atoms with Crippen molar-refractivity contribution < 1.29 is 14.7 Å². The molecule has 1 amide bonds. The van der Waals surface area contributed by atoms with Crippen LogP contribution in [0.4, 0.5) is 0 Å². The van der Waals surface area contributed by atoms with Crippen LogP contribution in [0.15, 0.2) is 11.8 Å². The Balaban J connectivity index is 2.57. The number of hydrogen-bond donors (Lipinski definition) is 2. The van der Waals surface area contributed by atoms with E-state index in [1.807, 2.05) is 20.8 Å². The molecule has 0 aromatic rings. The second-order valence-corrected chi connectivity index (χ2v) is 5.98. The molecule has 1 rings (SSSR count). The van der Waals surface area contributed by atoms with Gasteiger partial charge in [-0.25, -0.2) is 0 Å². The van der Waals surface area contributed by atoms with Crippen molar-refractivity contribution in [1.29, 1.82) is 0 Å². The highest BCUT2D eigenvalue weighted by Crippen LogP contribution is 2.20. The van der Waals surface area contributed by atoms with Crippen LogP contribution in [0.2, 0.25) is 0 Å². The van der Waals surface area contributed by atoms with Crippen molar-refractivity contribution in [1.82, 2.24) is 10.2 Å². The number of carboxylic acids is 1. The van der Waals surface area contributed by atoms with Crippen LogP contribution in [-0.4, -0.2) is 41.0 Å². The average Bonchev–Trinajstić information content (AvgIpc) is 2.44. The Morgan fingerprint density at radius 2 is 2.10 bits per heavy atom. The van der Waals surface area contributed by atoms with Crippen molar-refractivity contribution in [3.63, 3.8) is 0 Å². The summed E-state index contributed by atoms with van der Waals surface area (Å²) >= 11 is 0. The lowest BCUT2D eigenvalue weighted by Crippen LogP contribution is -2.45. The molecule has 0 radical (unpaired) electrons. The van der Waals surface area contributed by atoms with Gasteiger partial charge >= 0.3 is 5.97 Å². The van der Waals surface area contributed by atoms with Gasteiger partial charge in [0.15, 0.2) is 0 Å². The van der Waals surface area contributed by atoms with Gasteiger partial charge < -0.3 is 10.0 Å². The Hall–Kier alpha value is -1.36. The van der Waals surface area contributed by atoms with Gasteiger partial charge in [0.2, 0.25) is 5.91 Å². The van der Waals surface area contributed by atoms with Gasteiger partial charge in [0.25, 0.3) is 0 Å². The number of carboxylic acid groups (broad SMARTS) is 1. The van der Waals surface area contributed by atoms with E-state index in [0.717, 1.165) is 25.0 Å². The molecule has 0 spiro atoms. The lowest BCUT2D eigenvalue weighted by Gasteiger charge is -2.27. The molecule has 1 aliphatic carbocycles. The van der Waals surface area contributed by atoms with Gasteiger partial charge in [-0.3, -0.25) is 14.9 Å². The molecule has 120 valence electrons. The monoisotopic (exact) mass is 296 g/mol. The van der Waals surface area contributed by atoms with E-state index in [9.17, 15) is 14.7 Å². The summed E-state index contributed by atoms with van der Waals surface area (Å²) in [7, 11) is 0. The third-order valence-electron chi connectivity index (χ3n) is 3.74. The van der Waals surface area contributed by atoms with Gasteiger partial charge in [-0.2, -0.15) is 0 Å². The van der Waals surface area contributed by atoms with Gasteiger partial charge in [-0.05, 0) is 44.9 Å². The van der Waals surface area contributed by atoms with Crippen molar-refractivity contribution in [2.75, 3.05) is 13.1 Å². The Bertz CT molecular complexity index is 391. The molecule has 0 fully saturated rings. The van der Waals surface area contributed by atoms with E-state index in [1.165, 1.54) is 6.42 Å². The molecule has 5 heteroatoms. The van der Waals surface area contributed by atoms with Crippen molar-refractivity contribution in [2.24, 2.45) is 5.92 Å². The maximum absolute atomic E-state index is 12.3. The zero-order chi connectivity index (χ0) is 15.8. The molecule has 1 unspecified atom stereocenters. The van der Waals surface area contributed by atoms with E-state index in [1.54, 1.807) is 4.90 Å². The van der Waals surface area contributed by atoms with E-state index in [0.29, 0.717) is 13.0 Å². The first-order valence-corrected chi connectivity index (χ1v) is 7.91. The molecule has 0 heterocycles. The molecule has 0 bridgehead atoms. The summed E-state index contributed by atoms with van der Waals surface area (Å²) in [5, 5.41) is 12.1. The number of allylic oxidation sites excluding steroid dienone is 2. The highest BCUT2D eigenvalue weighted by Gasteiger charge is 2.22. The lowest BCUT2D eigenvalue weighted by atomic mass is 10.0. The van der Waals surface area contributed by atoms with Crippen LogP contribution in [0, 0.1) is 5.92 Å². The van der Waals surface area contributed by atoms with Crippen LogP contribution in [0.5, 0.6) is 0 Å². The maximum atomic E-state index is 12.3. The van der Waals surface area contributed by atoms with Crippen LogP contribution >= 0.6 is 0 Å². The van der Waals surface area contributed by atoms with Gasteiger partial charge in [0, 0.05) is 12.2 Å². The molecule has 1 aliphatic rings. The number of likely N-dealkylation sites (N-methyl/N-ethyl adjacent to an activating group) is 1. The third kappa shape index (κ3) is 5.87. The van der Waals surface area contributed by atoms with Crippen LogP contribution in [0.3, 0.4) is 0 Å². The fourth-order valence-corrected chi connectivity index (χ4v) is 2.65. The van der Waals surface area contributed by atoms with E-state index >= 15 is 0 Å². The standard InChI is InChI=1S/C16H28N2O3/c1-4-18(13-8-6-5-7-9-13)15(19)11-17-14(16(20)21)10-12(2)3/h8,12,14,17H,4-7,9-11H2,1-3H3,(H,20,21). The number of carbonyl (C=O) groups is 2. The Morgan fingerprint density at radius 1 is 1.38 bits per heavy atom. The summed E-state index contributed by atoms with van der Waals surface area (Å²) in [5.41, 5.74) is 1.09. The molecule has 21 heavy (non-hydrogen) atoms. The number of aliphatic carboxylic acids is 1. The normalized spacial score (nSPS) is 16.5. The highest BCUT2D eigenvalue weighted by atomic mass is 16.4. The fourth-order valence-electron chi connectivity index (χ4n) is 2.65. The minimum Gasteiger partial charge on any atom is -0.480 e. The first-order chi connectivity index (χ1) is 9.95. The third-order valence-corrected chi connectivity index (χ3v) is 3.74. The Morgan fingerprint density at radius 3 is 2.57 bits per heavy atom. The van der Waals surface area contributed by atoms with Crippen molar-refractivity contribution >= 4 is 11.9 Å². The summed E-state index contributed by atoms with van der Waals surface area (Å²) in [6.07, 6.45) is 6.92. The molecule has 0 aromatic carbocycles. The van der Waals surface area contributed by atoms with E-state index in [2.05, 4.69) is 11.4 Å². The molecular weight excluding hydrogens is 268 g/mol. The largest absolute Gasteiger partial charge is 0.480 e. The Labute approximate surface area is 127 Å². The van der Waals surface area contributed by atoms with E-state index in [-0.39, 0.29) is 18.4 Å². The zero-order valence-corrected chi connectivity index (χ0v) is 13.4. The highest BCUT2D eigenvalue weighted by molar-refractivity contribution is 5.81. The summed E-state index contributed by atoms with van der Waals surface area (Å²) < 4.78 is 0. The van der Waals surface area contributed by atoms with E-state index < -0.39 is 12.0 Å². The quantitative estimate of drug-likeness (QED) is 0.721. The predicted octanol–water partition coefficient (Wildman–Crippen LogP) is 2.38. The summed E-state index contributed by atoms with van der Waals surface area (Å²) in [6, 6.07) is -0.659. The van der Waals surface area contributed by atoms with Crippen LogP contribution in [-0.2, 0) is 9.59 Å². The van der Waals surface area contributed by atoms with Gasteiger partial charge in [0.05, 0.1) is 6.54 Å². The maximum Gasteiger partial charge on any atom is 0.320 e.